The number of methoxy groups -OCH3 is 1. The lowest BCUT2D eigenvalue weighted by atomic mass is 10.1. The highest BCUT2D eigenvalue weighted by molar-refractivity contribution is 6.03. The molecule has 1 aliphatic carbocycles. The Labute approximate surface area is 153 Å². The minimum Gasteiger partial charge on any atom is -0.465 e. The third-order valence-corrected chi connectivity index (χ3v) is 5.38. The number of ether oxygens (including phenoxy) is 1. The van der Waals surface area contributed by atoms with Gasteiger partial charge in [-0.1, -0.05) is 37.8 Å². The van der Waals surface area contributed by atoms with Crippen LogP contribution in [0.25, 0.3) is 0 Å². The number of amides is 2. The van der Waals surface area contributed by atoms with Crippen molar-refractivity contribution in [3.05, 3.63) is 29.8 Å². The Kier molecular flexibility index (Phi) is 5.91. The van der Waals surface area contributed by atoms with Gasteiger partial charge in [0.25, 0.3) is 0 Å². The molecule has 1 aliphatic heterocycles. The zero-order chi connectivity index (χ0) is 18.5. The third kappa shape index (κ3) is 4.06. The number of carbonyl (C=O) groups excluding carboxylic acids is 3. The zero-order valence-corrected chi connectivity index (χ0v) is 15.2. The predicted octanol–water partition coefficient (Wildman–Crippen LogP) is 2.98. The molecule has 140 valence electrons. The minimum absolute atomic E-state index is 0.0679. The van der Waals surface area contributed by atoms with Gasteiger partial charge in [0, 0.05) is 19.0 Å². The van der Waals surface area contributed by atoms with Crippen molar-refractivity contribution in [1.29, 1.82) is 0 Å². The number of esters is 1. The first-order chi connectivity index (χ1) is 12.6. The number of para-hydroxylation sites is 1. The van der Waals surface area contributed by atoms with Gasteiger partial charge in [-0.15, -0.1) is 0 Å². The number of hydrogen-bond donors (Lipinski definition) is 1. The average Bonchev–Trinajstić information content (AvgIpc) is 2.86. The molecule has 6 heteroatoms. The summed E-state index contributed by atoms with van der Waals surface area (Å²) in [5, 5.41) is 2.81. The molecule has 2 amide bonds. The molecule has 1 heterocycles. The predicted molar refractivity (Wildman–Crippen MR) is 97.7 cm³/mol. The van der Waals surface area contributed by atoms with E-state index < -0.39 is 5.97 Å². The number of benzene rings is 1. The van der Waals surface area contributed by atoms with E-state index in [1.807, 2.05) is 4.90 Å². The van der Waals surface area contributed by atoms with E-state index in [0.717, 1.165) is 25.7 Å². The highest BCUT2D eigenvalue weighted by atomic mass is 16.5. The normalized spacial score (nSPS) is 21.3. The Morgan fingerprint density at radius 1 is 1.12 bits per heavy atom. The lowest BCUT2D eigenvalue weighted by Gasteiger charge is -2.27. The SMILES string of the molecule is COC(=O)c1ccccc1NC(=O)C1CC(=O)N(C2CCCCCC2)C1. The molecular weight excluding hydrogens is 332 g/mol. The van der Waals surface area contributed by atoms with Crippen LogP contribution < -0.4 is 5.32 Å². The molecule has 1 aromatic rings. The summed E-state index contributed by atoms with van der Waals surface area (Å²) in [6.07, 6.45) is 7.06. The van der Waals surface area contributed by atoms with E-state index in [0.29, 0.717) is 17.8 Å². The van der Waals surface area contributed by atoms with Gasteiger partial charge < -0.3 is 15.0 Å². The fourth-order valence-corrected chi connectivity index (χ4v) is 3.94. The Hall–Kier alpha value is -2.37. The van der Waals surface area contributed by atoms with Crippen LogP contribution in [0.5, 0.6) is 0 Å². The number of carbonyl (C=O) groups is 3. The van der Waals surface area contributed by atoms with E-state index in [2.05, 4.69) is 5.32 Å². The van der Waals surface area contributed by atoms with Crippen LogP contribution in [0.4, 0.5) is 5.69 Å². The molecule has 26 heavy (non-hydrogen) atoms. The minimum atomic E-state index is -0.497. The number of nitrogens with zero attached hydrogens (tertiary/aromatic N) is 1. The van der Waals surface area contributed by atoms with Crippen molar-refractivity contribution in [2.45, 2.75) is 51.0 Å². The lowest BCUT2D eigenvalue weighted by Crippen LogP contribution is -2.37. The maximum atomic E-state index is 12.7. The summed E-state index contributed by atoms with van der Waals surface area (Å²) in [7, 11) is 1.31. The lowest BCUT2D eigenvalue weighted by molar-refractivity contribution is -0.130. The summed E-state index contributed by atoms with van der Waals surface area (Å²) in [5.74, 6) is -1.02. The number of hydrogen-bond acceptors (Lipinski definition) is 4. The maximum absolute atomic E-state index is 12.7. The van der Waals surface area contributed by atoms with Crippen LogP contribution >= 0.6 is 0 Å². The van der Waals surface area contributed by atoms with Crippen molar-refractivity contribution in [1.82, 2.24) is 4.90 Å². The Bertz CT molecular complexity index is 680. The summed E-state index contributed by atoms with van der Waals surface area (Å²) >= 11 is 0. The van der Waals surface area contributed by atoms with Crippen LogP contribution in [0.1, 0.15) is 55.3 Å². The zero-order valence-electron chi connectivity index (χ0n) is 15.2. The summed E-state index contributed by atoms with van der Waals surface area (Å²) in [6, 6.07) is 7.02. The molecule has 0 bridgehead atoms. The molecule has 1 saturated carbocycles. The third-order valence-electron chi connectivity index (χ3n) is 5.38. The van der Waals surface area contributed by atoms with Crippen LogP contribution in [0.2, 0.25) is 0 Å². The van der Waals surface area contributed by atoms with Gasteiger partial charge in [0.1, 0.15) is 0 Å². The molecule has 6 nitrogen and oxygen atoms in total. The summed E-state index contributed by atoms with van der Waals surface area (Å²) in [6.45, 7) is 0.468. The van der Waals surface area contributed by atoms with Crippen LogP contribution in [-0.2, 0) is 14.3 Å². The van der Waals surface area contributed by atoms with Crippen LogP contribution in [0.15, 0.2) is 24.3 Å². The standard InChI is InChI=1S/C20H26N2O4/c1-26-20(25)16-10-6-7-11-17(16)21-19(24)14-12-18(23)22(13-14)15-8-4-2-3-5-9-15/h6-7,10-11,14-15H,2-5,8-9,12-13H2,1H3,(H,21,24). The number of rotatable bonds is 4. The molecule has 2 aliphatic rings. The molecule has 1 saturated heterocycles. The second-order valence-corrected chi connectivity index (χ2v) is 7.12. The monoisotopic (exact) mass is 358 g/mol. The van der Waals surface area contributed by atoms with Crippen LogP contribution in [0, 0.1) is 5.92 Å². The van der Waals surface area contributed by atoms with Crippen molar-refractivity contribution in [2.75, 3.05) is 19.0 Å². The molecule has 1 unspecified atom stereocenters. The van der Waals surface area contributed by atoms with E-state index in [1.165, 1.54) is 20.0 Å². The van der Waals surface area contributed by atoms with Gasteiger partial charge in [-0.05, 0) is 25.0 Å². The van der Waals surface area contributed by atoms with Crippen molar-refractivity contribution >= 4 is 23.5 Å². The fourth-order valence-electron chi connectivity index (χ4n) is 3.94. The maximum Gasteiger partial charge on any atom is 0.339 e. The first-order valence-electron chi connectivity index (χ1n) is 9.38. The van der Waals surface area contributed by atoms with Gasteiger partial charge in [-0.2, -0.15) is 0 Å². The molecule has 1 atom stereocenters. The Morgan fingerprint density at radius 3 is 2.50 bits per heavy atom. The van der Waals surface area contributed by atoms with Gasteiger partial charge in [0.05, 0.1) is 24.3 Å². The van der Waals surface area contributed by atoms with Gasteiger partial charge in [0.15, 0.2) is 0 Å². The topological polar surface area (TPSA) is 75.7 Å². The molecule has 1 aromatic carbocycles. The van der Waals surface area contributed by atoms with Crippen molar-refractivity contribution in [3.63, 3.8) is 0 Å². The van der Waals surface area contributed by atoms with Gasteiger partial charge in [-0.25, -0.2) is 4.79 Å². The van der Waals surface area contributed by atoms with E-state index in [9.17, 15) is 14.4 Å². The number of likely N-dealkylation sites (tertiary alicyclic amines) is 1. The summed E-state index contributed by atoms with van der Waals surface area (Å²) in [5.41, 5.74) is 0.734. The summed E-state index contributed by atoms with van der Waals surface area (Å²) < 4.78 is 4.76. The summed E-state index contributed by atoms with van der Waals surface area (Å²) in [4.78, 5) is 38.9. The van der Waals surface area contributed by atoms with E-state index in [4.69, 9.17) is 4.74 Å². The van der Waals surface area contributed by atoms with Gasteiger partial charge in [0.2, 0.25) is 11.8 Å². The Morgan fingerprint density at radius 2 is 1.81 bits per heavy atom. The van der Waals surface area contributed by atoms with Crippen molar-refractivity contribution < 1.29 is 19.1 Å². The molecule has 2 fully saturated rings. The average molecular weight is 358 g/mol. The highest BCUT2D eigenvalue weighted by Crippen LogP contribution is 2.29. The Balaban J connectivity index is 1.66. The quantitative estimate of drug-likeness (QED) is 0.663. The second kappa shape index (κ2) is 8.34. The first kappa shape index (κ1) is 18.4. The van der Waals surface area contributed by atoms with Crippen LogP contribution in [-0.4, -0.2) is 42.4 Å². The molecule has 0 aromatic heterocycles. The molecule has 1 N–H and O–H groups in total. The van der Waals surface area contributed by atoms with Crippen LogP contribution in [0.3, 0.4) is 0 Å². The molecule has 0 radical (unpaired) electrons. The second-order valence-electron chi connectivity index (χ2n) is 7.12. The van der Waals surface area contributed by atoms with E-state index in [1.54, 1.807) is 24.3 Å². The molecular formula is C20H26N2O4. The van der Waals surface area contributed by atoms with Crippen molar-refractivity contribution in [3.8, 4) is 0 Å². The highest BCUT2D eigenvalue weighted by Gasteiger charge is 2.38. The molecule has 3 rings (SSSR count). The van der Waals surface area contributed by atoms with E-state index >= 15 is 0 Å². The van der Waals surface area contributed by atoms with Gasteiger partial charge in [-0.3, -0.25) is 9.59 Å². The first-order valence-corrected chi connectivity index (χ1v) is 9.38. The molecule has 0 spiro atoms. The smallest absolute Gasteiger partial charge is 0.339 e. The van der Waals surface area contributed by atoms with E-state index in [-0.39, 0.29) is 30.2 Å². The fraction of sp³-hybridized carbons (Fsp3) is 0.550. The number of anilines is 1. The largest absolute Gasteiger partial charge is 0.465 e. The van der Waals surface area contributed by atoms with Crippen molar-refractivity contribution in [2.24, 2.45) is 5.92 Å². The number of nitrogens with one attached hydrogen (secondary N) is 1. The van der Waals surface area contributed by atoms with Gasteiger partial charge >= 0.3 is 5.97 Å².